The molecule has 0 radical (unpaired) electrons. The van der Waals surface area contributed by atoms with Crippen molar-refractivity contribution in [3.05, 3.63) is 5.32 Å². The largest absolute Gasteiger partial charge is 0.671 e. The zero-order chi connectivity index (χ0) is 48.7. The Morgan fingerprint density at radius 2 is 0.646 bits per heavy atom. The number of imide groups is 1. The Hall–Kier alpha value is 0.643. The van der Waals surface area contributed by atoms with E-state index in [0.717, 1.165) is 0 Å². The molecule has 35 heteroatoms. The fourth-order valence-electron chi connectivity index (χ4n) is 7.80. The minimum atomic E-state index is -4.54. The summed E-state index contributed by atoms with van der Waals surface area (Å²) in [7, 11) is -8.17. The second kappa shape index (κ2) is 28.0. The molecule has 384 valence electrons. The molecule has 1 heterocycles. The molecule has 4 unspecified atom stereocenters. The molecule has 2 aliphatic rings. The second-order valence-electron chi connectivity index (χ2n) is 13.8. The maximum atomic E-state index is 13.8. The summed E-state index contributed by atoms with van der Waals surface area (Å²) < 4.78 is 137. The van der Waals surface area contributed by atoms with E-state index in [1.54, 1.807) is 0 Å². The maximum Gasteiger partial charge on any atom is 0.671 e. The van der Waals surface area contributed by atoms with Crippen LogP contribution in [0, 0.1) is 23.7 Å². The van der Waals surface area contributed by atoms with E-state index in [1.165, 1.54) is 128 Å². The molecule has 1 aliphatic carbocycles. The van der Waals surface area contributed by atoms with Gasteiger partial charge in [0.25, 0.3) is 0 Å². The van der Waals surface area contributed by atoms with Crippen molar-refractivity contribution in [2.75, 3.05) is 128 Å². The van der Waals surface area contributed by atoms with Crippen LogP contribution in [-0.4, -0.2) is 211 Å². The molecule has 65 heavy (non-hydrogen) atoms. The Kier molecular flexibility index (Phi) is 27.5. The van der Waals surface area contributed by atoms with E-state index in [-0.39, 0.29) is 51.7 Å². The average Bonchev–Trinajstić information content (AvgIpc) is 3.87. The van der Waals surface area contributed by atoms with Gasteiger partial charge in [-0.25, -0.2) is 0 Å². The summed E-state index contributed by atoms with van der Waals surface area (Å²) in [6.45, 7) is 0. The van der Waals surface area contributed by atoms with Gasteiger partial charge in [-0.3, -0.25) is 0 Å². The van der Waals surface area contributed by atoms with E-state index >= 15 is 0 Å². The Labute approximate surface area is 406 Å². The first-order chi connectivity index (χ1) is 30.3. The minimum Gasteiger partial charge on any atom is -0.595 e. The van der Waals surface area contributed by atoms with Crippen LogP contribution in [0.5, 0.6) is 0 Å². The van der Waals surface area contributed by atoms with Gasteiger partial charge in [-0.2, -0.15) is 0 Å². The molecule has 0 N–H and O–H groups in total. The fraction of sp³-hybridized carbons (Fsp3) is 0.933. The first-order valence-electron chi connectivity index (χ1n) is 19.5. The van der Waals surface area contributed by atoms with Gasteiger partial charge < -0.3 is 115 Å². The van der Waals surface area contributed by atoms with Crippen LogP contribution in [0.1, 0.15) is 19.3 Å². The van der Waals surface area contributed by atoms with Crippen molar-refractivity contribution in [3.8, 4) is 0 Å². The molecule has 0 bridgehead atoms. The first-order valence-corrected chi connectivity index (χ1v) is 33.8. The summed E-state index contributed by atoms with van der Waals surface area (Å²) in [5.41, 5.74) is -0.0841. The molecule has 4 atom stereocenters. The number of nitrogens with zero attached hydrogens (tertiary/aromatic N) is 1. The smallest absolute Gasteiger partial charge is 0.595 e. The van der Waals surface area contributed by atoms with E-state index in [2.05, 4.69) is 5.32 Å². The Morgan fingerprint density at radius 1 is 0.385 bits per heavy atom. The summed E-state index contributed by atoms with van der Waals surface area (Å²) in [6, 6.07) is -0.0577. The van der Waals surface area contributed by atoms with Gasteiger partial charge >= 0.3 is 71.4 Å². The van der Waals surface area contributed by atoms with Crippen molar-refractivity contribution < 1.29 is 131 Å². The van der Waals surface area contributed by atoms with Gasteiger partial charge in [-0.15, -0.1) is 0 Å². The maximum absolute atomic E-state index is 13.8. The van der Waals surface area contributed by atoms with Gasteiger partial charge in [0.15, 0.2) is 0 Å². The number of carbonyl (C=O) groups is 2. The van der Waals surface area contributed by atoms with Crippen molar-refractivity contribution in [2.24, 2.45) is 23.7 Å². The van der Waals surface area contributed by atoms with Gasteiger partial charge in [0.1, 0.15) is 0 Å². The van der Waals surface area contributed by atoms with Gasteiger partial charge in [-0.05, 0) is 37.1 Å². The van der Waals surface area contributed by atoms with Crippen molar-refractivity contribution in [1.82, 2.24) is 0 Å². The third kappa shape index (κ3) is 14.9. The SMILES string of the molecule is CO[Si](C[Si](CCC1CC(CC[Si](O[Si](OC)(OC)OC)(O[Si](OC)(OC)OC)O[Si](OC)(OC)OC)C2C(=O)[N-]C(=O)C12)(O[Si](OC)(OC)OC)O[Si](OC)(OC)OC)(OC)OC.[W]. The molecule has 2 rings (SSSR count). The van der Waals surface area contributed by atoms with Crippen LogP contribution in [-0.2, 0) is 131 Å². The van der Waals surface area contributed by atoms with Crippen LogP contribution in [0.25, 0.3) is 5.32 Å². The topological polar surface area (TPSA) is 261 Å². The Balaban J connectivity index is 0.0000211. The molecule has 26 nitrogen and oxygen atoms in total. The van der Waals surface area contributed by atoms with Gasteiger partial charge in [-0.1, -0.05) is 0 Å². The first kappa shape index (κ1) is 63.7. The summed E-state index contributed by atoms with van der Waals surface area (Å²) in [5, 5.41) is 3.93. The summed E-state index contributed by atoms with van der Waals surface area (Å²) >= 11 is 0. The number of fused-ring (bicyclic) bond motifs is 1. The predicted octanol–water partition coefficient (Wildman–Crippen LogP) is 0.829. The number of hydrogen-bond donors (Lipinski definition) is 0. The normalized spacial score (nSPS) is 20.3. The average molecular weight is 1250 g/mol. The molecule has 1 saturated carbocycles. The molecule has 0 spiro atoms. The van der Waals surface area contributed by atoms with Gasteiger partial charge in [0, 0.05) is 167 Å². The van der Waals surface area contributed by atoms with E-state index in [4.69, 9.17) is 100 Å². The Bertz CT molecular complexity index is 1160. The predicted molar refractivity (Wildman–Crippen MR) is 233 cm³/mol. The van der Waals surface area contributed by atoms with Crippen LogP contribution in [0.4, 0.5) is 0 Å². The Morgan fingerprint density at radius 3 is 0.908 bits per heavy atom. The van der Waals surface area contributed by atoms with E-state index in [9.17, 15) is 9.59 Å². The summed E-state index contributed by atoms with van der Waals surface area (Å²) in [6.07, 6.45) is 0.639. The van der Waals surface area contributed by atoms with Crippen molar-refractivity contribution >= 4 is 83.2 Å². The molecule has 0 aromatic carbocycles. The fourth-order valence-corrected chi connectivity index (χ4v) is 36.7. The van der Waals surface area contributed by atoms with Crippen molar-refractivity contribution in [2.45, 2.75) is 37.0 Å². The molecule has 0 aromatic heterocycles. The minimum absolute atomic E-state index is 0. The van der Waals surface area contributed by atoms with E-state index < -0.39 is 107 Å². The second-order valence-corrected chi connectivity index (χ2v) is 37.2. The third-order valence-electron chi connectivity index (χ3n) is 11.1. The van der Waals surface area contributed by atoms with Crippen LogP contribution in [0.2, 0.25) is 17.8 Å². The number of amides is 2. The molecule has 1 saturated heterocycles. The van der Waals surface area contributed by atoms with Crippen LogP contribution < -0.4 is 0 Å². The molecular weight excluding hydrogens is 1180 g/mol. The number of rotatable bonds is 36. The quantitative estimate of drug-likeness (QED) is 0.0621. The van der Waals surface area contributed by atoms with Crippen LogP contribution in [0.3, 0.4) is 0 Å². The zero-order valence-corrected chi connectivity index (χ0v) is 51.5. The molecular formula is C30H70NO25Si8W-. The van der Waals surface area contributed by atoms with Crippen LogP contribution in [0.15, 0.2) is 0 Å². The molecule has 0 aromatic rings. The molecule has 2 fully saturated rings. The monoisotopic (exact) mass is 1250 g/mol. The van der Waals surface area contributed by atoms with E-state index in [0.29, 0.717) is 6.42 Å². The number of hydrogen-bond acceptors (Lipinski definition) is 25. The standard InChI is InChI=1S/C30H71NO25Si8.W/c1-34-59(35-2,36-3)24-57(52-60(37-4,38-5)39-6,53-61(40-7,41-8)42-9)21-19-25-23-26(28-27(25)29(32)31-30(28)33)20-22-58(54-62(43-10,44-11)45-12,55-63(46-13,47-14)48-15)56-64(49-16,50-17)51-18;/h25-28H,19-24H2,1-18H3,(H,31,32,33);/p-1. The van der Waals surface area contributed by atoms with Crippen LogP contribution >= 0.6 is 0 Å². The van der Waals surface area contributed by atoms with E-state index in [1.807, 2.05) is 0 Å². The summed E-state index contributed by atoms with van der Waals surface area (Å²) in [5.74, 6) is -3.88. The van der Waals surface area contributed by atoms with Crippen molar-refractivity contribution in [3.63, 3.8) is 0 Å². The molecule has 2 amide bonds. The molecule has 1 aliphatic heterocycles. The van der Waals surface area contributed by atoms with Crippen molar-refractivity contribution in [1.29, 1.82) is 0 Å². The third-order valence-corrected chi connectivity index (χ3v) is 38.1. The van der Waals surface area contributed by atoms with Gasteiger partial charge in [0.2, 0.25) is 0 Å². The number of carbonyl (C=O) groups excluding carboxylic acids is 2. The summed E-state index contributed by atoms with van der Waals surface area (Å²) in [4.78, 5) is 27.5. The zero-order valence-electron chi connectivity index (χ0n) is 40.6. The van der Waals surface area contributed by atoms with Gasteiger partial charge in [0.05, 0.1) is 17.5 Å².